The fraction of sp³-hybridized carbons (Fsp3) is 0.312. The van der Waals surface area contributed by atoms with Crippen LogP contribution in [0, 0.1) is 0 Å². The van der Waals surface area contributed by atoms with Crippen LogP contribution in [0.5, 0.6) is 5.75 Å². The first-order chi connectivity index (χ1) is 11.1. The van der Waals surface area contributed by atoms with E-state index in [1.54, 1.807) is 14.0 Å². The van der Waals surface area contributed by atoms with Crippen molar-refractivity contribution in [1.29, 1.82) is 0 Å². The maximum Gasteiger partial charge on any atom is 0.311 e. The molecule has 0 saturated carbocycles. The molecule has 0 aliphatic rings. The molecule has 2 aromatic rings. The van der Waals surface area contributed by atoms with Crippen molar-refractivity contribution in [3.63, 3.8) is 0 Å². The molecule has 122 valence electrons. The van der Waals surface area contributed by atoms with Crippen LogP contribution in [0.1, 0.15) is 18.2 Å². The summed E-state index contributed by atoms with van der Waals surface area (Å²) in [4.78, 5) is 19.7. The number of carbonyl (C=O) groups is 1. The molecular formula is C16H20N4O3. The van der Waals surface area contributed by atoms with Crippen LogP contribution in [0.2, 0.25) is 0 Å². The number of carbonyl (C=O) groups excluding carboxylic acids is 1. The molecule has 1 heterocycles. The lowest BCUT2D eigenvalue weighted by Gasteiger charge is -2.11. The molecule has 0 amide bonds. The van der Waals surface area contributed by atoms with Crippen molar-refractivity contribution < 1.29 is 14.3 Å². The van der Waals surface area contributed by atoms with Crippen LogP contribution >= 0.6 is 0 Å². The van der Waals surface area contributed by atoms with Gasteiger partial charge in [0.2, 0.25) is 0 Å². The molecule has 7 nitrogen and oxygen atoms in total. The third-order valence-corrected chi connectivity index (χ3v) is 3.20. The van der Waals surface area contributed by atoms with Gasteiger partial charge in [-0.05, 0) is 24.6 Å². The number of nitrogens with zero attached hydrogens (tertiary/aromatic N) is 2. The van der Waals surface area contributed by atoms with E-state index in [2.05, 4.69) is 15.3 Å². The van der Waals surface area contributed by atoms with E-state index in [-0.39, 0.29) is 12.4 Å². The molecule has 0 radical (unpaired) electrons. The first kappa shape index (κ1) is 16.5. The molecule has 0 bridgehead atoms. The van der Waals surface area contributed by atoms with E-state index >= 15 is 0 Å². The number of nitrogens with one attached hydrogen (secondary N) is 1. The Labute approximate surface area is 134 Å². The van der Waals surface area contributed by atoms with Gasteiger partial charge in [0.15, 0.2) is 5.82 Å². The lowest BCUT2D eigenvalue weighted by Crippen LogP contribution is -2.13. The first-order valence-electron chi connectivity index (χ1n) is 7.25. The molecule has 0 spiro atoms. The number of nitrogens with two attached hydrogens (primary N) is 1. The van der Waals surface area contributed by atoms with Gasteiger partial charge in [0.1, 0.15) is 12.1 Å². The zero-order valence-electron chi connectivity index (χ0n) is 13.2. The second kappa shape index (κ2) is 7.98. The number of aromatic nitrogens is 2. The van der Waals surface area contributed by atoms with Crippen LogP contribution in [-0.4, -0.2) is 29.7 Å². The molecule has 0 atom stereocenters. The highest BCUT2D eigenvalue weighted by atomic mass is 16.5. The van der Waals surface area contributed by atoms with Crippen molar-refractivity contribution in [1.82, 2.24) is 9.97 Å². The number of hydrogen-bond acceptors (Lipinski definition) is 7. The minimum absolute atomic E-state index is 0.0272. The maximum atomic E-state index is 11.5. The fourth-order valence-electron chi connectivity index (χ4n) is 1.99. The van der Waals surface area contributed by atoms with Gasteiger partial charge in [-0.25, -0.2) is 9.97 Å². The predicted octanol–water partition coefficient (Wildman–Crippen LogP) is 1.79. The molecule has 0 aliphatic carbocycles. The van der Waals surface area contributed by atoms with Crippen LogP contribution in [0.3, 0.4) is 0 Å². The first-order valence-corrected chi connectivity index (χ1v) is 7.25. The lowest BCUT2D eigenvalue weighted by molar-refractivity contribution is -0.142. The van der Waals surface area contributed by atoms with Gasteiger partial charge in [0.05, 0.1) is 31.5 Å². The van der Waals surface area contributed by atoms with Gasteiger partial charge in [-0.2, -0.15) is 0 Å². The van der Waals surface area contributed by atoms with Gasteiger partial charge in [-0.15, -0.1) is 0 Å². The molecule has 0 unspecified atom stereocenters. The van der Waals surface area contributed by atoms with Crippen molar-refractivity contribution in [2.45, 2.75) is 19.9 Å². The molecule has 1 aromatic carbocycles. The summed E-state index contributed by atoms with van der Waals surface area (Å²) < 4.78 is 10.0. The van der Waals surface area contributed by atoms with Gasteiger partial charge in [0, 0.05) is 6.54 Å². The molecule has 23 heavy (non-hydrogen) atoms. The van der Waals surface area contributed by atoms with Crippen molar-refractivity contribution >= 4 is 17.5 Å². The average molecular weight is 316 g/mol. The third-order valence-electron chi connectivity index (χ3n) is 3.20. The molecular weight excluding hydrogens is 296 g/mol. The van der Waals surface area contributed by atoms with Gasteiger partial charge in [-0.1, -0.05) is 12.1 Å². The maximum absolute atomic E-state index is 11.5. The zero-order chi connectivity index (χ0) is 16.7. The minimum Gasteiger partial charge on any atom is -0.497 e. The fourth-order valence-corrected chi connectivity index (χ4v) is 1.99. The van der Waals surface area contributed by atoms with E-state index in [4.69, 9.17) is 15.2 Å². The Bertz CT molecular complexity index is 659. The Morgan fingerprint density at radius 1 is 1.26 bits per heavy atom. The highest BCUT2D eigenvalue weighted by Gasteiger charge is 2.12. The molecule has 3 N–H and O–H groups in total. The van der Waals surface area contributed by atoms with Crippen molar-refractivity contribution in [3.05, 3.63) is 41.9 Å². The van der Waals surface area contributed by atoms with Crippen LogP contribution in [0.25, 0.3) is 0 Å². The minimum atomic E-state index is -0.362. The summed E-state index contributed by atoms with van der Waals surface area (Å²) in [6, 6.07) is 7.66. The quantitative estimate of drug-likeness (QED) is 0.751. The Hall–Kier alpha value is -2.83. The van der Waals surface area contributed by atoms with Crippen LogP contribution in [0.4, 0.5) is 11.5 Å². The van der Waals surface area contributed by atoms with Crippen molar-refractivity contribution in [2.75, 3.05) is 24.8 Å². The predicted molar refractivity (Wildman–Crippen MR) is 87.1 cm³/mol. The summed E-state index contributed by atoms with van der Waals surface area (Å²) in [6.45, 7) is 2.62. The summed E-state index contributed by atoms with van der Waals surface area (Å²) in [6.07, 6.45) is 1.40. The normalized spacial score (nSPS) is 10.2. The van der Waals surface area contributed by atoms with Crippen molar-refractivity contribution in [2.24, 2.45) is 0 Å². The number of esters is 1. The monoisotopic (exact) mass is 316 g/mol. The number of hydrogen-bond donors (Lipinski definition) is 2. The lowest BCUT2D eigenvalue weighted by atomic mass is 10.2. The molecule has 0 saturated heterocycles. The van der Waals surface area contributed by atoms with Gasteiger partial charge in [-0.3, -0.25) is 4.79 Å². The summed E-state index contributed by atoms with van der Waals surface area (Å²) in [5.41, 5.74) is 7.88. The Kier molecular flexibility index (Phi) is 5.74. The number of benzene rings is 1. The largest absolute Gasteiger partial charge is 0.497 e. The third kappa shape index (κ3) is 4.57. The van der Waals surface area contributed by atoms with E-state index in [1.807, 2.05) is 24.3 Å². The van der Waals surface area contributed by atoms with E-state index in [0.29, 0.717) is 30.4 Å². The number of anilines is 2. The number of methoxy groups -OCH3 is 1. The Balaban J connectivity index is 2.03. The summed E-state index contributed by atoms with van der Waals surface area (Å²) in [5, 5.41) is 3.14. The Morgan fingerprint density at radius 3 is 2.65 bits per heavy atom. The SMILES string of the molecule is CCOC(=O)Cc1ncnc(NCc2ccc(OC)cc2)c1N. The van der Waals surface area contributed by atoms with Crippen LogP contribution in [-0.2, 0) is 22.5 Å². The molecule has 0 fully saturated rings. The summed E-state index contributed by atoms with van der Waals surface area (Å²) in [5.74, 6) is 0.932. The second-order valence-corrected chi connectivity index (χ2v) is 4.77. The number of nitrogen functional groups attached to an aromatic ring is 1. The number of rotatable bonds is 7. The highest BCUT2D eigenvalue weighted by molar-refractivity contribution is 5.76. The number of ether oxygens (including phenoxy) is 2. The van der Waals surface area contributed by atoms with E-state index in [0.717, 1.165) is 11.3 Å². The van der Waals surface area contributed by atoms with Crippen LogP contribution < -0.4 is 15.8 Å². The van der Waals surface area contributed by atoms with Crippen LogP contribution in [0.15, 0.2) is 30.6 Å². The summed E-state index contributed by atoms with van der Waals surface area (Å²) >= 11 is 0. The summed E-state index contributed by atoms with van der Waals surface area (Å²) in [7, 11) is 1.62. The zero-order valence-corrected chi connectivity index (χ0v) is 13.2. The Morgan fingerprint density at radius 2 is 2.00 bits per heavy atom. The smallest absolute Gasteiger partial charge is 0.311 e. The average Bonchev–Trinajstić information content (AvgIpc) is 2.56. The van der Waals surface area contributed by atoms with E-state index in [1.165, 1.54) is 6.33 Å². The highest BCUT2D eigenvalue weighted by Crippen LogP contribution is 2.20. The molecule has 2 rings (SSSR count). The topological polar surface area (TPSA) is 99.4 Å². The van der Waals surface area contributed by atoms with E-state index in [9.17, 15) is 4.79 Å². The van der Waals surface area contributed by atoms with E-state index < -0.39 is 0 Å². The van der Waals surface area contributed by atoms with Gasteiger partial charge in [0.25, 0.3) is 0 Å². The molecule has 7 heteroatoms. The van der Waals surface area contributed by atoms with Crippen molar-refractivity contribution in [3.8, 4) is 5.75 Å². The molecule has 1 aromatic heterocycles. The standard InChI is InChI=1S/C16H20N4O3/c1-3-23-14(21)8-13-15(17)16(20-10-19-13)18-9-11-4-6-12(22-2)7-5-11/h4-7,10H,3,8-9,17H2,1-2H3,(H,18,19,20). The van der Waals surface area contributed by atoms with Gasteiger partial charge >= 0.3 is 5.97 Å². The molecule has 0 aliphatic heterocycles. The second-order valence-electron chi connectivity index (χ2n) is 4.77. The van der Waals surface area contributed by atoms with Gasteiger partial charge < -0.3 is 20.5 Å².